The molecule has 20 heavy (non-hydrogen) atoms. The highest BCUT2D eigenvalue weighted by Gasteiger charge is 2.18. The second kappa shape index (κ2) is 5.98. The van der Waals surface area contributed by atoms with Gasteiger partial charge in [0.2, 0.25) is 0 Å². The van der Waals surface area contributed by atoms with Gasteiger partial charge in [0.15, 0.2) is 6.29 Å². The fraction of sp³-hybridized carbons (Fsp3) is 0.385. The molecule has 6 nitrogen and oxygen atoms in total. The summed E-state index contributed by atoms with van der Waals surface area (Å²) in [6, 6.07) is 2.43. The van der Waals surface area contributed by atoms with E-state index in [-0.39, 0.29) is 12.1 Å². The van der Waals surface area contributed by atoms with Crippen molar-refractivity contribution in [2.75, 3.05) is 21.3 Å². The van der Waals surface area contributed by atoms with Crippen molar-refractivity contribution < 1.29 is 23.4 Å². The molecular formula is C13H15FN2O4. The summed E-state index contributed by atoms with van der Waals surface area (Å²) in [5, 5.41) is 4.64. The first kappa shape index (κ1) is 14.4. The number of aromatic nitrogens is 2. The van der Waals surface area contributed by atoms with Gasteiger partial charge in [0, 0.05) is 19.6 Å². The molecule has 1 heterocycles. The van der Waals surface area contributed by atoms with E-state index in [1.807, 2.05) is 0 Å². The van der Waals surface area contributed by atoms with Gasteiger partial charge < -0.3 is 14.2 Å². The first-order valence-electron chi connectivity index (χ1n) is 5.89. The fourth-order valence-electron chi connectivity index (χ4n) is 1.99. The summed E-state index contributed by atoms with van der Waals surface area (Å²) in [6.07, 6.45) is 0.960. The lowest BCUT2D eigenvalue weighted by molar-refractivity contribution is -0.111. The number of hydrogen-bond acceptors (Lipinski definition) is 5. The number of ether oxygens (including phenoxy) is 3. The van der Waals surface area contributed by atoms with Crippen molar-refractivity contribution in [3.63, 3.8) is 0 Å². The largest absolute Gasteiger partial charge is 0.465 e. The van der Waals surface area contributed by atoms with Crippen LogP contribution in [0.2, 0.25) is 0 Å². The first-order chi connectivity index (χ1) is 9.60. The maximum absolute atomic E-state index is 13.5. The number of carbonyl (C=O) groups is 1. The maximum Gasteiger partial charge on any atom is 0.340 e. The summed E-state index contributed by atoms with van der Waals surface area (Å²) in [4.78, 5) is 11.8. The Morgan fingerprint density at radius 1 is 1.35 bits per heavy atom. The zero-order valence-corrected chi connectivity index (χ0v) is 11.4. The molecule has 2 rings (SSSR count). The molecule has 1 aromatic carbocycles. The molecule has 0 spiro atoms. The molecule has 2 aromatic rings. The molecular weight excluding hydrogens is 267 g/mol. The Labute approximate surface area is 115 Å². The van der Waals surface area contributed by atoms with Crippen LogP contribution >= 0.6 is 0 Å². The second-order valence-electron chi connectivity index (χ2n) is 4.11. The van der Waals surface area contributed by atoms with Crippen LogP contribution in [0.25, 0.3) is 10.9 Å². The van der Waals surface area contributed by atoms with Crippen LogP contribution in [0.4, 0.5) is 4.39 Å². The molecule has 0 N–H and O–H groups in total. The van der Waals surface area contributed by atoms with Gasteiger partial charge >= 0.3 is 5.97 Å². The van der Waals surface area contributed by atoms with Crippen LogP contribution < -0.4 is 0 Å². The van der Waals surface area contributed by atoms with Gasteiger partial charge in [-0.25, -0.2) is 9.18 Å². The number of esters is 1. The molecule has 0 aliphatic heterocycles. The Morgan fingerprint density at radius 2 is 2.05 bits per heavy atom. The lowest BCUT2D eigenvalue weighted by atomic mass is 10.1. The Morgan fingerprint density at radius 3 is 2.65 bits per heavy atom. The average molecular weight is 282 g/mol. The molecule has 0 saturated heterocycles. The lowest BCUT2D eigenvalue weighted by Crippen LogP contribution is -2.21. The molecule has 1 aromatic heterocycles. The van der Waals surface area contributed by atoms with Gasteiger partial charge in [0.05, 0.1) is 30.9 Å². The summed E-state index contributed by atoms with van der Waals surface area (Å²) in [6.45, 7) is 0.270. The highest BCUT2D eigenvalue weighted by molar-refractivity contribution is 6.02. The Kier molecular flexibility index (Phi) is 4.31. The topological polar surface area (TPSA) is 62.6 Å². The average Bonchev–Trinajstić information content (AvgIpc) is 2.85. The molecule has 0 amide bonds. The standard InChI is InChI=1S/C13H15FN2O4/c1-18-11(19-2)7-16-12-8(6-15-16)4-9(14)5-10(12)13(17)20-3/h4-6,11H,7H2,1-3H3. The monoisotopic (exact) mass is 282 g/mol. The Balaban J connectivity index is 2.54. The fourth-order valence-corrected chi connectivity index (χ4v) is 1.99. The van der Waals surface area contributed by atoms with E-state index in [2.05, 4.69) is 9.84 Å². The minimum Gasteiger partial charge on any atom is -0.465 e. The zero-order valence-electron chi connectivity index (χ0n) is 11.4. The summed E-state index contributed by atoms with van der Waals surface area (Å²) >= 11 is 0. The smallest absolute Gasteiger partial charge is 0.340 e. The number of rotatable bonds is 5. The van der Waals surface area contributed by atoms with Crippen LogP contribution in [0.15, 0.2) is 18.3 Å². The normalized spacial score (nSPS) is 11.2. The first-order valence-corrected chi connectivity index (χ1v) is 5.89. The predicted octanol–water partition coefficient (Wildman–Crippen LogP) is 1.58. The molecule has 0 bridgehead atoms. The molecule has 0 saturated carbocycles. The van der Waals surface area contributed by atoms with Crippen LogP contribution in [0.5, 0.6) is 0 Å². The van der Waals surface area contributed by atoms with Crippen LogP contribution in [0.3, 0.4) is 0 Å². The summed E-state index contributed by atoms with van der Waals surface area (Å²) in [7, 11) is 4.24. The number of nitrogens with zero attached hydrogens (tertiary/aromatic N) is 2. The number of benzene rings is 1. The number of fused-ring (bicyclic) bond motifs is 1. The van der Waals surface area contributed by atoms with Crippen molar-refractivity contribution in [2.24, 2.45) is 0 Å². The molecule has 0 fully saturated rings. The van der Waals surface area contributed by atoms with Crippen LogP contribution in [-0.4, -0.2) is 43.4 Å². The van der Waals surface area contributed by atoms with Crippen molar-refractivity contribution in [2.45, 2.75) is 12.8 Å². The van der Waals surface area contributed by atoms with Crippen LogP contribution in [-0.2, 0) is 20.8 Å². The summed E-state index contributed by atoms with van der Waals surface area (Å²) in [5.41, 5.74) is 0.600. The molecule has 0 atom stereocenters. The molecule has 0 unspecified atom stereocenters. The van der Waals surface area contributed by atoms with Gasteiger partial charge in [0.25, 0.3) is 0 Å². The van der Waals surface area contributed by atoms with E-state index < -0.39 is 18.1 Å². The van der Waals surface area contributed by atoms with Gasteiger partial charge in [-0.2, -0.15) is 5.10 Å². The highest BCUT2D eigenvalue weighted by Crippen LogP contribution is 2.22. The lowest BCUT2D eigenvalue weighted by Gasteiger charge is -2.14. The van der Waals surface area contributed by atoms with E-state index in [1.54, 1.807) is 0 Å². The zero-order chi connectivity index (χ0) is 14.7. The van der Waals surface area contributed by atoms with E-state index in [9.17, 15) is 9.18 Å². The molecule has 0 aliphatic rings. The van der Waals surface area contributed by atoms with E-state index in [0.717, 1.165) is 6.07 Å². The molecule has 108 valence electrons. The quantitative estimate of drug-likeness (QED) is 0.615. The third-order valence-electron chi connectivity index (χ3n) is 2.95. The highest BCUT2D eigenvalue weighted by atomic mass is 19.1. The molecule has 0 aliphatic carbocycles. The van der Waals surface area contributed by atoms with E-state index in [1.165, 1.54) is 38.3 Å². The van der Waals surface area contributed by atoms with Crippen molar-refractivity contribution in [1.29, 1.82) is 0 Å². The van der Waals surface area contributed by atoms with Gasteiger partial charge in [0.1, 0.15) is 5.82 Å². The second-order valence-corrected chi connectivity index (χ2v) is 4.11. The van der Waals surface area contributed by atoms with E-state index >= 15 is 0 Å². The van der Waals surface area contributed by atoms with Gasteiger partial charge in [-0.15, -0.1) is 0 Å². The van der Waals surface area contributed by atoms with Crippen molar-refractivity contribution in [3.05, 3.63) is 29.7 Å². The SMILES string of the molecule is COC(=O)c1cc(F)cc2cnn(CC(OC)OC)c12. The minimum atomic E-state index is -0.623. The third-order valence-corrected chi connectivity index (χ3v) is 2.95. The van der Waals surface area contributed by atoms with Crippen molar-refractivity contribution >= 4 is 16.9 Å². The number of halogens is 1. The minimum absolute atomic E-state index is 0.117. The van der Waals surface area contributed by atoms with E-state index in [4.69, 9.17) is 9.47 Å². The van der Waals surface area contributed by atoms with Crippen molar-refractivity contribution in [3.8, 4) is 0 Å². The number of carbonyl (C=O) groups excluding carboxylic acids is 1. The van der Waals surface area contributed by atoms with Gasteiger partial charge in [-0.1, -0.05) is 0 Å². The third kappa shape index (κ3) is 2.63. The predicted molar refractivity (Wildman–Crippen MR) is 68.8 cm³/mol. The van der Waals surface area contributed by atoms with Gasteiger partial charge in [-0.3, -0.25) is 4.68 Å². The number of methoxy groups -OCH3 is 3. The van der Waals surface area contributed by atoms with Gasteiger partial charge in [-0.05, 0) is 12.1 Å². The van der Waals surface area contributed by atoms with E-state index in [0.29, 0.717) is 10.9 Å². The maximum atomic E-state index is 13.5. The Hall–Kier alpha value is -1.99. The summed E-state index contributed by atoms with van der Waals surface area (Å²) in [5.74, 6) is -1.14. The molecule has 0 radical (unpaired) electrons. The van der Waals surface area contributed by atoms with Crippen LogP contribution in [0, 0.1) is 5.82 Å². The van der Waals surface area contributed by atoms with Crippen LogP contribution in [0.1, 0.15) is 10.4 Å². The van der Waals surface area contributed by atoms with Crippen molar-refractivity contribution in [1.82, 2.24) is 9.78 Å². The molecule has 7 heteroatoms. The Bertz CT molecular complexity index is 622. The summed E-state index contributed by atoms with van der Waals surface area (Å²) < 4.78 is 29.9. The number of hydrogen-bond donors (Lipinski definition) is 0.